The van der Waals surface area contributed by atoms with Crippen LogP contribution in [-0.2, 0) is 5.41 Å². The molecule has 36 heavy (non-hydrogen) atoms. The number of para-hydroxylation sites is 1. The van der Waals surface area contributed by atoms with Crippen molar-refractivity contribution in [3.63, 3.8) is 0 Å². The molecular weight excluding hydrogens is 506 g/mol. The van der Waals surface area contributed by atoms with Crippen molar-refractivity contribution in [3.05, 3.63) is 118 Å². The highest BCUT2D eigenvalue weighted by Crippen LogP contribution is 2.51. The number of allylic oxidation sites excluding steroid dienone is 4. The Labute approximate surface area is 220 Å². The number of halogens is 1. The van der Waals surface area contributed by atoms with E-state index < -0.39 is 0 Å². The zero-order chi connectivity index (χ0) is 25.0. The van der Waals surface area contributed by atoms with Gasteiger partial charge in [0.05, 0.1) is 0 Å². The molecule has 1 heterocycles. The van der Waals surface area contributed by atoms with Crippen molar-refractivity contribution in [2.75, 3.05) is 4.90 Å². The molecule has 5 aromatic rings. The van der Waals surface area contributed by atoms with Gasteiger partial charge in [-0.2, -0.15) is 0 Å². The van der Waals surface area contributed by atoms with Crippen molar-refractivity contribution in [2.24, 2.45) is 0 Å². The molecule has 6 rings (SSSR count). The molecule has 1 aromatic heterocycles. The standard InChI is InChI=1S/C33H28BrNO/c1-5-25-26-17-15-24(20-30(26)33(3,4)29(25)6-2)35(22-13-11-21(34)12-14-22)23-16-18-32-28(19-23)27-9-7-8-10-31(27)36-32/h5-20H,1-4H3/b25-5-,29-6+. The average Bonchev–Trinajstić information content (AvgIpc) is 3.36. The monoisotopic (exact) mass is 533 g/mol. The van der Waals surface area contributed by atoms with E-state index in [1.165, 1.54) is 22.3 Å². The summed E-state index contributed by atoms with van der Waals surface area (Å²) < 4.78 is 7.18. The highest BCUT2D eigenvalue weighted by Gasteiger charge is 2.37. The topological polar surface area (TPSA) is 16.4 Å². The van der Waals surface area contributed by atoms with Crippen molar-refractivity contribution in [3.8, 4) is 0 Å². The summed E-state index contributed by atoms with van der Waals surface area (Å²) in [5, 5.41) is 2.26. The Bertz CT molecular complexity index is 1680. The van der Waals surface area contributed by atoms with Gasteiger partial charge in [-0.3, -0.25) is 0 Å². The SMILES string of the molecule is C/C=C1\C(=C/C)c2ccc(N(c3ccc(Br)cc3)c3ccc4oc5ccccc5c4c3)cc2C1(C)C. The second kappa shape index (κ2) is 8.53. The molecule has 4 aromatic carbocycles. The Kier molecular flexibility index (Phi) is 5.42. The summed E-state index contributed by atoms with van der Waals surface area (Å²) in [7, 11) is 0. The number of anilines is 3. The maximum absolute atomic E-state index is 6.11. The lowest BCUT2D eigenvalue weighted by Gasteiger charge is -2.28. The number of hydrogen-bond acceptors (Lipinski definition) is 2. The van der Waals surface area contributed by atoms with Gasteiger partial charge >= 0.3 is 0 Å². The third-order valence-corrected chi connectivity index (χ3v) is 8.00. The van der Waals surface area contributed by atoms with Gasteiger partial charge in [0.1, 0.15) is 11.2 Å². The number of furan rings is 1. The van der Waals surface area contributed by atoms with Gasteiger partial charge in [0.2, 0.25) is 0 Å². The Hall–Kier alpha value is -3.56. The van der Waals surface area contributed by atoms with Crippen LogP contribution in [0.3, 0.4) is 0 Å². The first kappa shape index (κ1) is 22.9. The molecule has 3 heteroatoms. The van der Waals surface area contributed by atoms with Gasteiger partial charge in [-0.25, -0.2) is 0 Å². The normalized spacial score (nSPS) is 16.8. The van der Waals surface area contributed by atoms with Crippen LogP contribution in [0.25, 0.3) is 27.5 Å². The summed E-state index contributed by atoms with van der Waals surface area (Å²) in [6, 6.07) is 30.2. The molecule has 0 bridgehead atoms. The van der Waals surface area contributed by atoms with Crippen LogP contribution >= 0.6 is 15.9 Å². The molecule has 1 aliphatic rings. The van der Waals surface area contributed by atoms with Gasteiger partial charge in [0, 0.05) is 37.7 Å². The molecule has 0 radical (unpaired) electrons. The van der Waals surface area contributed by atoms with Crippen LogP contribution < -0.4 is 4.90 Å². The second-order valence-electron chi connectivity index (χ2n) is 9.85. The average molecular weight is 534 g/mol. The van der Waals surface area contributed by atoms with Crippen LogP contribution in [0.5, 0.6) is 0 Å². The molecule has 0 atom stereocenters. The zero-order valence-electron chi connectivity index (χ0n) is 21.0. The third kappa shape index (κ3) is 3.45. The summed E-state index contributed by atoms with van der Waals surface area (Å²) >= 11 is 3.60. The van der Waals surface area contributed by atoms with E-state index in [4.69, 9.17) is 4.42 Å². The Morgan fingerprint density at radius 2 is 1.39 bits per heavy atom. The van der Waals surface area contributed by atoms with Crippen molar-refractivity contribution >= 4 is 60.5 Å². The first-order valence-corrected chi connectivity index (χ1v) is 13.2. The van der Waals surface area contributed by atoms with Gasteiger partial charge in [0.15, 0.2) is 0 Å². The zero-order valence-corrected chi connectivity index (χ0v) is 22.6. The van der Waals surface area contributed by atoms with E-state index in [1.54, 1.807) is 0 Å². The number of nitrogens with zero attached hydrogens (tertiary/aromatic N) is 1. The van der Waals surface area contributed by atoms with E-state index in [0.29, 0.717) is 0 Å². The van der Waals surface area contributed by atoms with Crippen molar-refractivity contribution in [2.45, 2.75) is 33.1 Å². The fourth-order valence-electron chi connectivity index (χ4n) is 5.77. The molecule has 0 unspecified atom stereocenters. The van der Waals surface area contributed by atoms with E-state index in [0.717, 1.165) is 43.5 Å². The molecule has 0 spiro atoms. The summed E-state index contributed by atoms with van der Waals surface area (Å²) in [5.74, 6) is 0. The van der Waals surface area contributed by atoms with Crippen LogP contribution in [0, 0.1) is 0 Å². The molecule has 0 fully saturated rings. The van der Waals surface area contributed by atoms with Crippen molar-refractivity contribution in [1.82, 2.24) is 0 Å². The van der Waals surface area contributed by atoms with E-state index in [1.807, 2.05) is 12.1 Å². The lowest BCUT2D eigenvalue weighted by atomic mass is 9.82. The summed E-state index contributed by atoms with van der Waals surface area (Å²) in [6.45, 7) is 8.94. The Morgan fingerprint density at radius 1 is 0.722 bits per heavy atom. The number of fused-ring (bicyclic) bond motifs is 4. The Morgan fingerprint density at radius 3 is 2.14 bits per heavy atom. The van der Waals surface area contributed by atoms with Crippen LogP contribution in [-0.4, -0.2) is 0 Å². The van der Waals surface area contributed by atoms with Gasteiger partial charge in [-0.15, -0.1) is 0 Å². The number of rotatable bonds is 3. The molecular formula is C33H28BrNO. The molecule has 0 saturated heterocycles. The van der Waals surface area contributed by atoms with Gasteiger partial charge in [0.25, 0.3) is 0 Å². The van der Waals surface area contributed by atoms with Gasteiger partial charge in [-0.05, 0) is 96.8 Å². The fourth-order valence-corrected chi connectivity index (χ4v) is 6.03. The highest BCUT2D eigenvalue weighted by molar-refractivity contribution is 9.10. The van der Waals surface area contributed by atoms with E-state index >= 15 is 0 Å². The lowest BCUT2D eigenvalue weighted by Crippen LogP contribution is -2.16. The number of benzene rings is 4. The van der Waals surface area contributed by atoms with Crippen LogP contribution in [0.4, 0.5) is 17.1 Å². The minimum Gasteiger partial charge on any atom is -0.456 e. The van der Waals surface area contributed by atoms with E-state index in [-0.39, 0.29) is 5.41 Å². The maximum Gasteiger partial charge on any atom is 0.135 e. The van der Waals surface area contributed by atoms with Gasteiger partial charge < -0.3 is 9.32 Å². The molecule has 1 aliphatic carbocycles. The predicted octanol–water partition coefficient (Wildman–Crippen LogP) is 10.5. The first-order valence-electron chi connectivity index (χ1n) is 12.4. The quantitative estimate of drug-likeness (QED) is 0.229. The van der Waals surface area contributed by atoms with E-state index in [2.05, 4.69) is 133 Å². The minimum absolute atomic E-state index is 0.0575. The van der Waals surface area contributed by atoms with Crippen LogP contribution in [0.15, 0.2) is 112 Å². The predicted molar refractivity (Wildman–Crippen MR) is 157 cm³/mol. The number of hydrogen-bond donors (Lipinski definition) is 0. The third-order valence-electron chi connectivity index (χ3n) is 7.47. The minimum atomic E-state index is -0.0575. The molecule has 0 saturated carbocycles. The smallest absolute Gasteiger partial charge is 0.135 e. The fraction of sp³-hybridized carbons (Fsp3) is 0.152. The van der Waals surface area contributed by atoms with Crippen LogP contribution in [0.2, 0.25) is 0 Å². The van der Waals surface area contributed by atoms with E-state index in [9.17, 15) is 0 Å². The van der Waals surface area contributed by atoms with Crippen LogP contribution in [0.1, 0.15) is 38.8 Å². The molecule has 0 amide bonds. The molecule has 178 valence electrons. The van der Waals surface area contributed by atoms with Crippen molar-refractivity contribution < 1.29 is 4.42 Å². The molecule has 0 aliphatic heterocycles. The van der Waals surface area contributed by atoms with Gasteiger partial charge in [-0.1, -0.05) is 66.2 Å². The summed E-state index contributed by atoms with van der Waals surface area (Å²) in [5.41, 5.74) is 10.5. The maximum atomic E-state index is 6.11. The molecule has 0 N–H and O–H groups in total. The van der Waals surface area contributed by atoms with Crippen molar-refractivity contribution in [1.29, 1.82) is 0 Å². The largest absolute Gasteiger partial charge is 0.456 e. The Balaban J connectivity index is 1.58. The highest BCUT2D eigenvalue weighted by atomic mass is 79.9. The lowest BCUT2D eigenvalue weighted by molar-refractivity contribution is 0.659. The first-order chi connectivity index (χ1) is 17.4. The summed E-state index contributed by atoms with van der Waals surface area (Å²) in [4.78, 5) is 2.34. The molecule has 2 nitrogen and oxygen atoms in total. The second-order valence-corrected chi connectivity index (χ2v) is 10.8. The summed E-state index contributed by atoms with van der Waals surface area (Å²) in [6.07, 6.45) is 4.51.